The van der Waals surface area contributed by atoms with Crippen LogP contribution >= 0.6 is 0 Å². The summed E-state index contributed by atoms with van der Waals surface area (Å²) in [7, 11) is 0. The second-order valence-corrected chi connectivity index (χ2v) is 6.19. The zero-order valence-corrected chi connectivity index (χ0v) is 16.2. The van der Waals surface area contributed by atoms with Gasteiger partial charge in [0.2, 0.25) is 0 Å². The Labute approximate surface area is 157 Å². The van der Waals surface area contributed by atoms with Crippen LogP contribution in [0.15, 0.2) is 48.5 Å². The van der Waals surface area contributed by atoms with Gasteiger partial charge in [0.25, 0.3) is 0 Å². The Hall–Kier alpha value is -2.20. The van der Waals surface area contributed by atoms with Crippen molar-refractivity contribution in [1.82, 2.24) is 0 Å². The fourth-order valence-electron chi connectivity index (χ4n) is 2.63. The van der Waals surface area contributed by atoms with Crippen LogP contribution in [0.5, 0.6) is 11.5 Å². The summed E-state index contributed by atoms with van der Waals surface area (Å²) in [4.78, 5) is 0. The quantitative estimate of drug-likeness (QED) is 0.536. The van der Waals surface area contributed by atoms with Crippen LogP contribution in [-0.2, 0) is 4.74 Å². The number of rotatable bonds is 12. The van der Waals surface area contributed by atoms with Gasteiger partial charge in [-0.25, -0.2) is 0 Å². The second-order valence-electron chi connectivity index (χ2n) is 6.19. The van der Waals surface area contributed by atoms with Crippen LogP contribution in [0.3, 0.4) is 0 Å². The van der Waals surface area contributed by atoms with Crippen molar-refractivity contribution in [2.75, 3.05) is 38.3 Å². The van der Waals surface area contributed by atoms with E-state index in [0.29, 0.717) is 25.7 Å². The molecule has 0 spiro atoms. The molecule has 0 saturated heterocycles. The summed E-state index contributed by atoms with van der Waals surface area (Å²) >= 11 is 0. The Morgan fingerprint density at radius 3 is 2.38 bits per heavy atom. The zero-order valence-electron chi connectivity index (χ0n) is 16.2. The van der Waals surface area contributed by atoms with Gasteiger partial charge < -0.3 is 19.5 Å². The summed E-state index contributed by atoms with van der Waals surface area (Å²) in [5.41, 5.74) is 2.34. The van der Waals surface area contributed by atoms with E-state index in [1.54, 1.807) is 0 Å². The van der Waals surface area contributed by atoms with Gasteiger partial charge in [0.15, 0.2) is 0 Å². The fourth-order valence-corrected chi connectivity index (χ4v) is 2.63. The van der Waals surface area contributed by atoms with Crippen LogP contribution in [0, 0.1) is 0 Å². The molecule has 2 rings (SSSR count). The maximum atomic E-state index is 5.98. The summed E-state index contributed by atoms with van der Waals surface area (Å²) in [6, 6.07) is 16.3. The molecule has 0 aliphatic carbocycles. The molecule has 2 aromatic carbocycles. The van der Waals surface area contributed by atoms with Crippen molar-refractivity contribution in [3.63, 3.8) is 0 Å². The topological polar surface area (TPSA) is 39.7 Å². The van der Waals surface area contributed by atoms with Gasteiger partial charge in [0.05, 0.1) is 6.61 Å². The van der Waals surface area contributed by atoms with E-state index in [1.807, 2.05) is 37.3 Å². The maximum Gasteiger partial charge on any atom is 0.122 e. The van der Waals surface area contributed by atoms with Crippen LogP contribution in [0.4, 0.5) is 5.69 Å². The van der Waals surface area contributed by atoms with Crippen LogP contribution in [0.1, 0.15) is 38.7 Å². The largest absolute Gasteiger partial charge is 0.491 e. The molecule has 142 valence electrons. The summed E-state index contributed by atoms with van der Waals surface area (Å²) in [5.74, 6) is 2.35. The third-order valence-corrected chi connectivity index (χ3v) is 4.31. The molecule has 0 fully saturated rings. The van der Waals surface area contributed by atoms with Crippen LogP contribution in [0.2, 0.25) is 0 Å². The minimum Gasteiger partial charge on any atom is -0.491 e. The monoisotopic (exact) mass is 357 g/mol. The molecule has 0 amide bonds. The number of anilines is 1. The van der Waals surface area contributed by atoms with E-state index < -0.39 is 0 Å². The molecule has 1 N–H and O–H groups in total. The smallest absolute Gasteiger partial charge is 0.122 e. The molecule has 4 heteroatoms. The van der Waals surface area contributed by atoms with Crippen LogP contribution in [-0.4, -0.2) is 33.0 Å². The molecule has 1 unspecified atom stereocenters. The van der Waals surface area contributed by atoms with Gasteiger partial charge in [-0.2, -0.15) is 0 Å². The summed E-state index contributed by atoms with van der Waals surface area (Å²) in [6.07, 6.45) is 1.11. The Morgan fingerprint density at radius 2 is 1.65 bits per heavy atom. The molecular formula is C22H31NO3. The van der Waals surface area contributed by atoms with E-state index in [9.17, 15) is 0 Å². The normalized spacial score (nSPS) is 11.8. The lowest BCUT2D eigenvalue weighted by Gasteiger charge is -2.16. The van der Waals surface area contributed by atoms with E-state index >= 15 is 0 Å². The molecule has 0 radical (unpaired) electrons. The highest BCUT2D eigenvalue weighted by molar-refractivity contribution is 5.46. The number of hydrogen-bond acceptors (Lipinski definition) is 4. The number of para-hydroxylation sites is 1. The Morgan fingerprint density at radius 1 is 0.885 bits per heavy atom. The van der Waals surface area contributed by atoms with Gasteiger partial charge in [0, 0.05) is 18.8 Å². The van der Waals surface area contributed by atoms with Gasteiger partial charge in [-0.05, 0) is 55.2 Å². The van der Waals surface area contributed by atoms with E-state index in [-0.39, 0.29) is 0 Å². The zero-order chi connectivity index (χ0) is 18.6. The Kier molecular flexibility index (Phi) is 8.84. The molecule has 0 aromatic heterocycles. The number of hydrogen-bond donors (Lipinski definition) is 1. The van der Waals surface area contributed by atoms with Crippen LogP contribution in [0.25, 0.3) is 0 Å². The molecule has 1 atom stereocenters. The van der Waals surface area contributed by atoms with E-state index in [2.05, 4.69) is 37.4 Å². The standard InChI is InChI=1S/C22H31NO3/c1-4-18(3)21-8-6-7-9-22(21)26-15-14-23-19-10-12-20(13-11-19)25-17-16-24-5-2/h6-13,18,23H,4-5,14-17H2,1-3H3. The first-order valence-electron chi connectivity index (χ1n) is 9.50. The molecule has 26 heavy (non-hydrogen) atoms. The third-order valence-electron chi connectivity index (χ3n) is 4.31. The van der Waals surface area contributed by atoms with Gasteiger partial charge in [-0.15, -0.1) is 0 Å². The minimum absolute atomic E-state index is 0.509. The Balaban J connectivity index is 1.73. The number of nitrogens with one attached hydrogen (secondary N) is 1. The molecule has 0 heterocycles. The van der Waals surface area contributed by atoms with Crippen molar-refractivity contribution in [3.8, 4) is 11.5 Å². The Bertz CT molecular complexity index is 628. The average Bonchev–Trinajstić information content (AvgIpc) is 2.69. The molecule has 2 aromatic rings. The fraction of sp³-hybridized carbons (Fsp3) is 0.455. The third kappa shape index (κ3) is 6.60. The first-order chi connectivity index (χ1) is 12.7. The second kappa shape index (κ2) is 11.4. The van der Waals surface area contributed by atoms with Gasteiger partial charge in [0.1, 0.15) is 24.7 Å². The van der Waals surface area contributed by atoms with Gasteiger partial charge in [-0.1, -0.05) is 32.0 Å². The summed E-state index contributed by atoms with van der Waals surface area (Å²) in [5, 5.41) is 3.38. The maximum absolute atomic E-state index is 5.98. The van der Waals surface area contributed by atoms with Crippen molar-refractivity contribution >= 4 is 5.69 Å². The predicted molar refractivity (Wildman–Crippen MR) is 108 cm³/mol. The van der Waals surface area contributed by atoms with E-state index in [0.717, 1.165) is 36.8 Å². The van der Waals surface area contributed by atoms with Gasteiger partial charge >= 0.3 is 0 Å². The minimum atomic E-state index is 0.509. The lowest BCUT2D eigenvalue weighted by molar-refractivity contribution is 0.110. The molecule has 0 aliphatic heterocycles. The number of benzene rings is 2. The molecular weight excluding hydrogens is 326 g/mol. The van der Waals surface area contributed by atoms with Gasteiger partial charge in [-0.3, -0.25) is 0 Å². The van der Waals surface area contributed by atoms with Crippen LogP contribution < -0.4 is 14.8 Å². The number of ether oxygens (including phenoxy) is 3. The summed E-state index contributed by atoms with van der Waals surface area (Å²) < 4.78 is 16.9. The van der Waals surface area contributed by atoms with E-state index in [1.165, 1.54) is 5.56 Å². The highest BCUT2D eigenvalue weighted by Gasteiger charge is 2.09. The molecule has 0 aliphatic rings. The summed E-state index contributed by atoms with van der Waals surface area (Å²) in [6.45, 7) is 9.70. The molecule has 0 saturated carbocycles. The lowest BCUT2D eigenvalue weighted by Crippen LogP contribution is -2.12. The van der Waals surface area contributed by atoms with Crippen molar-refractivity contribution < 1.29 is 14.2 Å². The van der Waals surface area contributed by atoms with Crippen molar-refractivity contribution in [1.29, 1.82) is 0 Å². The predicted octanol–water partition coefficient (Wildman–Crippen LogP) is 5.11. The van der Waals surface area contributed by atoms with Crippen molar-refractivity contribution in [2.24, 2.45) is 0 Å². The molecule has 4 nitrogen and oxygen atoms in total. The van der Waals surface area contributed by atoms with E-state index in [4.69, 9.17) is 14.2 Å². The first kappa shape index (κ1) is 20.1. The lowest BCUT2D eigenvalue weighted by atomic mass is 9.98. The van der Waals surface area contributed by atoms with Crippen molar-refractivity contribution in [3.05, 3.63) is 54.1 Å². The first-order valence-corrected chi connectivity index (χ1v) is 9.50. The highest BCUT2D eigenvalue weighted by Crippen LogP contribution is 2.28. The van der Waals surface area contributed by atoms with Crippen molar-refractivity contribution in [2.45, 2.75) is 33.1 Å². The SMILES string of the molecule is CCOCCOc1ccc(NCCOc2ccccc2C(C)CC)cc1. The highest BCUT2D eigenvalue weighted by atomic mass is 16.5. The average molecular weight is 357 g/mol. The molecule has 0 bridgehead atoms.